The van der Waals surface area contributed by atoms with E-state index in [0.717, 1.165) is 0 Å². The largest absolute Gasteiger partial charge is 0.479 e. The third-order valence-electron chi connectivity index (χ3n) is 3.73. The van der Waals surface area contributed by atoms with Crippen molar-refractivity contribution in [3.05, 3.63) is 58.1 Å². The number of benzene rings is 2. The highest BCUT2D eigenvalue weighted by Crippen LogP contribution is 2.32. The van der Waals surface area contributed by atoms with Gasteiger partial charge in [-0.1, -0.05) is 18.2 Å². The predicted molar refractivity (Wildman–Crippen MR) is 90.6 cm³/mol. The fourth-order valence-corrected chi connectivity index (χ4v) is 2.50. The lowest BCUT2D eigenvalue weighted by atomic mass is 10.1. The summed E-state index contributed by atoms with van der Waals surface area (Å²) in [7, 11) is 0. The van der Waals surface area contributed by atoms with Gasteiger partial charge in [0, 0.05) is 17.3 Å². The number of carbonyl (C=O) groups is 2. The van der Waals surface area contributed by atoms with E-state index in [1.54, 1.807) is 43.3 Å². The summed E-state index contributed by atoms with van der Waals surface area (Å²) in [5, 5.41) is 16.4. The topological polar surface area (TPSA) is 111 Å². The number of nitrogens with one attached hydrogen (secondary N) is 2. The summed E-state index contributed by atoms with van der Waals surface area (Å²) in [6.07, 6.45) is -0.708. The summed E-state index contributed by atoms with van der Waals surface area (Å²) in [4.78, 5) is 34.3. The SMILES string of the molecule is C[C@H]1Oc2ccc(NC(=O)Cc3ccccc3[N+](=O)[O-])cc2NC1=O. The van der Waals surface area contributed by atoms with E-state index in [1.165, 1.54) is 6.07 Å². The smallest absolute Gasteiger partial charge is 0.273 e. The molecule has 0 aromatic heterocycles. The van der Waals surface area contributed by atoms with Crippen LogP contribution in [0.4, 0.5) is 17.1 Å². The van der Waals surface area contributed by atoms with Gasteiger partial charge in [0.25, 0.3) is 11.6 Å². The minimum absolute atomic E-state index is 0.0993. The van der Waals surface area contributed by atoms with Crippen LogP contribution in [0, 0.1) is 10.1 Å². The lowest BCUT2D eigenvalue weighted by molar-refractivity contribution is -0.385. The highest BCUT2D eigenvalue weighted by molar-refractivity contribution is 5.99. The van der Waals surface area contributed by atoms with Crippen molar-refractivity contribution < 1.29 is 19.2 Å². The maximum Gasteiger partial charge on any atom is 0.273 e. The number of nitro groups is 1. The van der Waals surface area contributed by atoms with Gasteiger partial charge < -0.3 is 15.4 Å². The van der Waals surface area contributed by atoms with Crippen LogP contribution in [0.1, 0.15) is 12.5 Å². The van der Waals surface area contributed by atoms with Gasteiger partial charge in [0.05, 0.1) is 17.0 Å². The third-order valence-corrected chi connectivity index (χ3v) is 3.73. The first-order chi connectivity index (χ1) is 11.9. The molecule has 1 atom stereocenters. The van der Waals surface area contributed by atoms with E-state index in [1.807, 2.05) is 0 Å². The molecule has 128 valence electrons. The predicted octanol–water partition coefficient (Wildman–Crippen LogP) is 2.50. The molecular weight excluding hydrogens is 326 g/mol. The Labute approximate surface area is 142 Å². The Morgan fingerprint density at radius 3 is 2.84 bits per heavy atom. The van der Waals surface area contributed by atoms with Crippen LogP contribution in [-0.2, 0) is 16.0 Å². The van der Waals surface area contributed by atoms with E-state index >= 15 is 0 Å². The third kappa shape index (κ3) is 3.57. The number of para-hydroxylation sites is 1. The Morgan fingerprint density at radius 2 is 2.08 bits per heavy atom. The zero-order valence-electron chi connectivity index (χ0n) is 13.3. The summed E-state index contributed by atoms with van der Waals surface area (Å²) >= 11 is 0. The Bertz CT molecular complexity index is 865. The number of hydrogen-bond acceptors (Lipinski definition) is 5. The minimum atomic E-state index is -0.577. The Balaban J connectivity index is 1.73. The summed E-state index contributed by atoms with van der Waals surface area (Å²) in [6, 6.07) is 11.0. The Morgan fingerprint density at radius 1 is 1.32 bits per heavy atom. The molecule has 2 aromatic carbocycles. The van der Waals surface area contributed by atoms with Crippen LogP contribution in [0.15, 0.2) is 42.5 Å². The van der Waals surface area contributed by atoms with Gasteiger partial charge in [0.1, 0.15) is 5.75 Å². The molecule has 0 bridgehead atoms. The molecule has 2 N–H and O–H groups in total. The van der Waals surface area contributed by atoms with Crippen molar-refractivity contribution >= 4 is 28.9 Å². The van der Waals surface area contributed by atoms with E-state index in [9.17, 15) is 19.7 Å². The minimum Gasteiger partial charge on any atom is -0.479 e. The number of fused-ring (bicyclic) bond motifs is 1. The van der Waals surface area contributed by atoms with E-state index < -0.39 is 16.9 Å². The molecule has 1 aliphatic rings. The van der Waals surface area contributed by atoms with Gasteiger partial charge in [-0.3, -0.25) is 19.7 Å². The lowest BCUT2D eigenvalue weighted by Gasteiger charge is -2.23. The quantitative estimate of drug-likeness (QED) is 0.656. The molecule has 0 aliphatic carbocycles. The molecule has 1 aliphatic heterocycles. The van der Waals surface area contributed by atoms with Crippen LogP contribution in [0.2, 0.25) is 0 Å². The van der Waals surface area contributed by atoms with Gasteiger partial charge in [0.2, 0.25) is 5.91 Å². The number of hydrogen-bond donors (Lipinski definition) is 2. The standard InChI is InChI=1S/C17H15N3O5/c1-10-17(22)19-13-9-12(6-7-15(13)25-10)18-16(21)8-11-4-2-3-5-14(11)20(23)24/h2-7,9-10H,8H2,1H3,(H,18,21)(H,19,22)/t10-/m1/s1. The zero-order valence-corrected chi connectivity index (χ0v) is 13.3. The fourth-order valence-electron chi connectivity index (χ4n) is 2.50. The highest BCUT2D eigenvalue weighted by Gasteiger charge is 2.23. The van der Waals surface area contributed by atoms with Crippen molar-refractivity contribution in [2.75, 3.05) is 10.6 Å². The van der Waals surface area contributed by atoms with Crippen LogP contribution in [0.3, 0.4) is 0 Å². The molecule has 3 rings (SSSR count). The first kappa shape index (κ1) is 16.4. The monoisotopic (exact) mass is 341 g/mol. The molecule has 8 nitrogen and oxygen atoms in total. The van der Waals surface area contributed by atoms with Crippen LogP contribution in [0.5, 0.6) is 5.75 Å². The Hall–Kier alpha value is -3.42. The van der Waals surface area contributed by atoms with Gasteiger partial charge >= 0.3 is 0 Å². The van der Waals surface area contributed by atoms with E-state index in [0.29, 0.717) is 22.7 Å². The van der Waals surface area contributed by atoms with Gasteiger partial charge in [-0.25, -0.2) is 0 Å². The van der Waals surface area contributed by atoms with Crippen LogP contribution < -0.4 is 15.4 Å². The van der Waals surface area contributed by atoms with Gasteiger partial charge in [-0.2, -0.15) is 0 Å². The van der Waals surface area contributed by atoms with E-state index in [-0.39, 0.29) is 18.0 Å². The number of anilines is 2. The van der Waals surface area contributed by atoms with Crippen molar-refractivity contribution in [2.24, 2.45) is 0 Å². The first-order valence-electron chi connectivity index (χ1n) is 7.58. The molecule has 8 heteroatoms. The fraction of sp³-hybridized carbons (Fsp3) is 0.176. The average molecular weight is 341 g/mol. The molecule has 25 heavy (non-hydrogen) atoms. The van der Waals surface area contributed by atoms with E-state index in [2.05, 4.69) is 10.6 Å². The van der Waals surface area contributed by atoms with Gasteiger partial charge in [-0.15, -0.1) is 0 Å². The molecule has 1 heterocycles. The van der Waals surface area contributed by atoms with Crippen molar-refractivity contribution in [2.45, 2.75) is 19.4 Å². The number of nitrogens with zero attached hydrogens (tertiary/aromatic N) is 1. The Kier molecular flexibility index (Phi) is 4.34. The number of ether oxygens (including phenoxy) is 1. The highest BCUT2D eigenvalue weighted by atomic mass is 16.6. The number of nitro benzene ring substituents is 1. The van der Waals surface area contributed by atoms with Crippen molar-refractivity contribution in [1.82, 2.24) is 0 Å². The second-order valence-corrected chi connectivity index (χ2v) is 5.57. The van der Waals surface area contributed by atoms with Gasteiger partial charge in [-0.05, 0) is 25.1 Å². The maximum atomic E-state index is 12.2. The molecule has 0 radical (unpaired) electrons. The number of carbonyl (C=O) groups excluding carboxylic acids is 2. The summed E-state index contributed by atoms with van der Waals surface area (Å²) in [6.45, 7) is 1.64. The molecule has 2 amide bonds. The van der Waals surface area contributed by atoms with Gasteiger partial charge in [0.15, 0.2) is 6.10 Å². The van der Waals surface area contributed by atoms with Crippen LogP contribution in [-0.4, -0.2) is 22.8 Å². The number of amides is 2. The molecule has 2 aromatic rings. The number of rotatable bonds is 4. The normalized spacial score (nSPS) is 15.6. The molecular formula is C17H15N3O5. The molecule has 0 unspecified atom stereocenters. The van der Waals surface area contributed by atoms with Crippen molar-refractivity contribution in [1.29, 1.82) is 0 Å². The summed E-state index contributed by atoms with van der Waals surface area (Å²) < 4.78 is 5.44. The van der Waals surface area contributed by atoms with Crippen LogP contribution in [0.25, 0.3) is 0 Å². The molecule has 0 fully saturated rings. The average Bonchev–Trinajstić information content (AvgIpc) is 2.56. The second kappa shape index (κ2) is 6.60. The van der Waals surface area contributed by atoms with E-state index in [4.69, 9.17) is 4.74 Å². The molecule has 0 spiro atoms. The second-order valence-electron chi connectivity index (χ2n) is 5.57. The zero-order chi connectivity index (χ0) is 18.0. The first-order valence-corrected chi connectivity index (χ1v) is 7.58. The molecule has 0 saturated heterocycles. The summed E-state index contributed by atoms with van der Waals surface area (Å²) in [5.74, 6) is -0.148. The van der Waals surface area contributed by atoms with Crippen molar-refractivity contribution in [3.63, 3.8) is 0 Å². The lowest BCUT2D eigenvalue weighted by Crippen LogP contribution is -2.34. The van der Waals surface area contributed by atoms with Crippen LogP contribution >= 0.6 is 0 Å². The molecule has 0 saturated carbocycles. The van der Waals surface area contributed by atoms with Crippen molar-refractivity contribution in [3.8, 4) is 5.75 Å². The maximum absolute atomic E-state index is 12.2. The summed E-state index contributed by atoms with van der Waals surface area (Å²) in [5.41, 5.74) is 1.15.